The van der Waals surface area contributed by atoms with Crippen LogP contribution in [0.15, 0.2) is 18.2 Å². The molecule has 0 aromatic heterocycles. The number of rotatable bonds is 6. The first-order valence-electron chi connectivity index (χ1n) is 8.63. The first-order valence-corrected chi connectivity index (χ1v) is 9.01. The SMILES string of the molecule is O=C(Cc1ccc(F)cc1Cl)N1CCN(CC2CC2)[C@H](CCO)C1. The number of nitrogens with zero attached hydrogens (tertiary/aromatic N) is 2. The zero-order valence-electron chi connectivity index (χ0n) is 13.8. The lowest BCUT2D eigenvalue weighted by atomic mass is 10.1. The molecule has 1 saturated carbocycles. The highest BCUT2D eigenvalue weighted by Crippen LogP contribution is 2.31. The van der Waals surface area contributed by atoms with Gasteiger partial charge in [0, 0.05) is 43.9 Å². The number of hydrogen-bond acceptors (Lipinski definition) is 3. The summed E-state index contributed by atoms with van der Waals surface area (Å²) in [6.45, 7) is 3.41. The molecule has 1 aromatic rings. The molecule has 2 aliphatic rings. The maximum absolute atomic E-state index is 13.1. The van der Waals surface area contributed by atoms with E-state index in [-0.39, 0.29) is 25.0 Å². The number of benzene rings is 1. The summed E-state index contributed by atoms with van der Waals surface area (Å²) in [5.74, 6) is 0.414. The van der Waals surface area contributed by atoms with Crippen LogP contribution < -0.4 is 0 Å². The van der Waals surface area contributed by atoms with Gasteiger partial charge in [0.1, 0.15) is 5.82 Å². The number of carbonyl (C=O) groups is 1. The van der Waals surface area contributed by atoms with Gasteiger partial charge in [0.2, 0.25) is 5.91 Å². The minimum atomic E-state index is -0.395. The molecule has 1 aromatic carbocycles. The van der Waals surface area contributed by atoms with E-state index in [9.17, 15) is 14.3 Å². The normalized spacial score (nSPS) is 22.0. The maximum Gasteiger partial charge on any atom is 0.227 e. The Morgan fingerprint density at radius 1 is 1.33 bits per heavy atom. The highest BCUT2D eigenvalue weighted by molar-refractivity contribution is 6.31. The molecule has 6 heteroatoms. The van der Waals surface area contributed by atoms with Crippen LogP contribution >= 0.6 is 11.6 Å². The molecule has 1 N–H and O–H groups in total. The third kappa shape index (κ3) is 4.47. The standard InChI is InChI=1S/C18H24ClFN2O2/c19-17-10-15(20)4-3-14(17)9-18(24)22-7-6-21(11-13-1-2-13)16(12-22)5-8-23/h3-4,10,13,16,23H,1-2,5-9,11-12H2/t16-/m1/s1. The van der Waals surface area contributed by atoms with Crippen molar-refractivity contribution in [1.29, 1.82) is 0 Å². The Kier molecular flexibility index (Phi) is 5.74. The molecule has 0 spiro atoms. The lowest BCUT2D eigenvalue weighted by Crippen LogP contribution is -2.55. The van der Waals surface area contributed by atoms with Crippen LogP contribution in [0.25, 0.3) is 0 Å². The first kappa shape index (κ1) is 17.6. The quantitative estimate of drug-likeness (QED) is 0.852. The number of carbonyl (C=O) groups excluding carboxylic acids is 1. The van der Waals surface area contributed by atoms with Gasteiger partial charge in [-0.2, -0.15) is 0 Å². The summed E-state index contributed by atoms with van der Waals surface area (Å²) in [6, 6.07) is 4.37. The largest absolute Gasteiger partial charge is 0.396 e. The number of hydrogen-bond donors (Lipinski definition) is 1. The molecule has 132 valence electrons. The molecule has 4 nitrogen and oxygen atoms in total. The van der Waals surface area contributed by atoms with E-state index in [4.69, 9.17) is 11.6 Å². The van der Waals surface area contributed by atoms with Gasteiger partial charge in [-0.1, -0.05) is 17.7 Å². The molecule has 2 fully saturated rings. The zero-order chi connectivity index (χ0) is 17.1. The monoisotopic (exact) mass is 354 g/mol. The summed E-state index contributed by atoms with van der Waals surface area (Å²) in [4.78, 5) is 16.9. The van der Waals surface area contributed by atoms with Crippen LogP contribution in [0.5, 0.6) is 0 Å². The average Bonchev–Trinajstić information content (AvgIpc) is 3.36. The first-order chi connectivity index (χ1) is 11.6. The summed E-state index contributed by atoms with van der Waals surface area (Å²) in [6.07, 6.45) is 3.48. The maximum atomic E-state index is 13.1. The van der Waals surface area contributed by atoms with Gasteiger partial charge in [0.15, 0.2) is 0 Å². The van der Waals surface area contributed by atoms with Crippen molar-refractivity contribution in [3.05, 3.63) is 34.6 Å². The Balaban J connectivity index is 1.60. The molecule has 1 atom stereocenters. The summed E-state index contributed by atoms with van der Waals surface area (Å²) >= 11 is 6.03. The highest BCUT2D eigenvalue weighted by Gasteiger charge is 2.33. The predicted octanol–water partition coefficient (Wildman–Crippen LogP) is 2.33. The van der Waals surface area contributed by atoms with Crippen LogP contribution in [-0.2, 0) is 11.2 Å². The van der Waals surface area contributed by atoms with Crippen LogP contribution in [0.4, 0.5) is 4.39 Å². The number of amides is 1. The second-order valence-corrected chi connectivity index (χ2v) is 7.26. The second-order valence-electron chi connectivity index (χ2n) is 6.86. The average molecular weight is 355 g/mol. The minimum absolute atomic E-state index is 0.0116. The lowest BCUT2D eigenvalue weighted by molar-refractivity contribution is -0.133. The molecule has 0 bridgehead atoms. The molecule has 0 unspecified atom stereocenters. The van der Waals surface area contributed by atoms with E-state index in [2.05, 4.69) is 4.90 Å². The van der Waals surface area contributed by atoms with Crippen molar-refractivity contribution in [2.75, 3.05) is 32.8 Å². The highest BCUT2D eigenvalue weighted by atomic mass is 35.5. The third-order valence-corrected chi connectivity index (χ3v) is 5.32. The number of aliphatic hydroxyl groups is 1. The van der Waals surface area contributed by atoms with E-state index in [1.165, 1.54) is 25.0 Å². The third-order valence-electron chi connectivity index (χ3n) is 4.97. The van der Waals surface area contributed by atoms with Crippen molar-refractivity contribution >= 4 is 17.5 Å². The van der Waals surface area contributed by atoms with Gasteiger partial charge in [-0.25, -0.2) is 4.39 Å². The van der Waals surface area contributed by atoms with Gasteiger partial charge >= 0.3 is 0 Å². The van der Waals surface area contributed by atoms with Crippen molar-refractivity contribution < 1.29 is 14.3 Å². The molecular weight excluding hydrogens is 331 g/mol. The smallest absolute Gasteiger partial charge is 0.227 e. The van der Waals surface area contributed by atoms with Gasteiger partial charge in [-0.3, -0.25) is 9.69 Å². The fraction of sp³-hybridized carbons (Fsp3) is 0.611. The fourth-order valence-electron chi connectivity index (χ4n) is 3.35. The van der Waals surface area contributed by atoms with E-state index >= 15 is 0 Å². The molecule has 3 rings (SSSR count). The van der Waals surface area contributed by atoms with E-state index in [0.717, 1.165) is 19.0 Å². The number of halogens is 2. The van der Waals surface area contributed by atoms with Gasteiger partial charge in [-0.15, -0.1) is 0 Å². The summed E-state index contributed by atoms with van der Waals surface area (Å²) in [5.41, 5.74) is 0.655. The Morgan fingerprint density at radius 2 is 2.12 bits per heavy atom. The number of piperazine rings is 1. The number of aliphatic hydroxyl groups excluding tert-OH is 1. The Morgan fingerprint density at radius 3 is 2.79 bits per heavy atom. The molecule has 1 saturated heterocycles. The zero-order valence-corrected chi connectivity index (χ0v) is 14.5. The molecule has 24 heavy (non-hydrogen) atoms. The van der Waals surface area contributed by atoms with E-state index < -0.39 is 5.82 Å². The van der Waals surface area contributed by atoms with E-state index in [1.807, 2.05) is 4.90 Å². The van der Waals surface area contributed by atoms with Gasteiger partial charge < -0.3 is 10.0 Å². The van der Waals surface area contributed by atoms with Crippen LogP contribution in [0.2, 0.25) is 5.02 Å². The van der Waals surface area contributed by atoms with Crippen molar-refractivity contribution in [3.8, 4) is 0 Å². The van der Waals surface area contributed by atoms with Gasteiger partial charge in [0.25, 0.3) is 0 Å². The van der Waals surface area contributed by atoms with E-state index in [0.29, 0.717) is 30.1 Å². The van der Waals surface area contributed by atoms with Crippen molar-refractivity contribution in [3.63, 3.8) is 0 Å². The van der Waals surface area contributed by atoms with Crippen molar-refractivity contribution in [1.82, 2.24) is 9.80 Å². The molecule has 0 radical (unpaired) electrons. The van der Waals surface area contributed by atoms with Crippen LogP contribution in [0.3, 0.4) is 0 Å². The molecule has 1 aliphatic carbocycles. The van der Waals surface area contributed by atoms with Gasteiger partial charge in [0.05, 0.1) is 6.42 Å². The molecular formula is C18H24ClFN2O2. The second kappa shape index (κ2) is 7.81. The molecule has 1 aliphatic heterocycles. The summed E-state index contributed by atoms with van der Waals surface area (Å²) < 4.78 is 13.1. The Labute approximate surface area is 147 Å². The van der Waals surface area contributed by atoms with Crippen molar-refractivity contribution in [2.24, 2.45) is 5.92 Å². The molecule has 1 amide bonds. The minimum Gasteiger partial charge on any atom is -0.396 e. The summed E-state index contributed by atoms with van der Waals surface area (Å²) in [5, 5.41) is 9.62. The van der Waals surface area contributed by atoms with Gasteiger partial charge in [-0.05, 0) is 42.9 Å². The fourth-order valence-corrected chi connectivity index (χ4v) is 3.59. The summed E-state index contributed by atoms with van der Waals surface area (Å²) in [7, 11) is 0. The predicted molar refractivity (Wildman–Crippen MR) is 91.5 cm³/mol. The van der Waals surface area contributed by atoms with Crippen molar-refractivity contribution in [2.45, 2.75) is 31.7 Å². The Bertz CT molecular complexity index is 594. The van der Waals surface area contributed by atoms with Crippen LogP contribution in [0.1, 0.15) is 24.8 Å². The Hall–Kier alpha value is -1.17. The topological polar surface area (TPSA) is 43.8 Å². The van der Waals surface area contributed by atoms with Crippen LogP contribution in [0, 0.1) is 11.7 Å². The molecule has 1 heterocycles. The lowest BCUT2D eigenvalue weighted by Gasteiger charge is -2.41. The van der Waals surface area contributed by atoms with E-state index in [1.54, 1.807) is 6.07 Å². The van der Waals surface area contributed by atoms with Crippen LogP contribution in [-0.4, -0.2) is 59.6 Å².